The van der Waals surface area contributed by atoms with Crippen molar-refractivity contribution in [2.45, 2.75) is 38.8 Å². The van der Waals surface area contributed by atoms with E-state index in [2.05, 4.69) is 15.6 Å². The van der Waals surface area contributed by atoms with E-state index in [-0.39, 0.29) is 36.5 Å². The number of hydrogen-bond donors (Lipinski definition) is 3. The average Bonchev–Trinajstić information content (AvgIpc) is 2.95. The number of aliphatic hydroxyl groups is 1. The van der Waals surface area contributed by atoms with Crippen molar-refractivity contribution in [3.05, 3.63) is 24.1 Å². The second-order valence-corrected chi connectivity index (χ2v) is 6.22. The number of rotatable bonds is 6. The number of anilines is 1. The molecule has 23 heavy (non-hydrogen) atoms. The summed E-state index contributed by atoms with van der Waals surface area (Å²) in [6.45, 7) is 5.24. The van der Waals surface area contributed by atoms with Gasteiger partial charge in [-0.1, -0.05) is 13.8 Å². The molecule has 0 bridgehead atoms. The van der Waals surface area contributed by atoms with Gasteiger partial charge in [-0.3, -0.25) is 0 Å². The van der Waals surface area contributed by atoms with Crippen LogP contribution < -0.4 is 15.5 Å². The van der Waals surface area contributed by atoms with Crippen LogP contribution in [0.25, 0.3) is 0 Å². The first-order valence-electron chi connectivity index (χ1n) is 8.04. The molecule has 1 aliphatic rings. The van der Waals surface area contributed by atoms with Crippen molar-refractivity contribution in [2.75, 3.05) is 24.6 Å². The Balaban J connectivity index is 1.85. The number of carbonyl (C=O) groups is 1. The minimum atomic E-state index is -0.347. The first-order chi connectivity index (χ1) is 11.0. The molecule has 1 aromatic rings. The lowest BCUT2D eigenvalue weighted by Crippen LogP contribution is -2.48. The molecule has 6 nitrogen and oxygen atoms in total. The summed E-state index contributed by atoms with van der Waals surface area (Å²) in [6, 6.07) is 2.60. The second-order valence-electron chi connectivity index (χ2n) is 6.22. The molecule has 0 radical (unpaired) electrons. The predicted octanol–water partition coefficient (Wildman–Crippen LogP) is 1.51. The molecule has 0 spiro atoms. The highest BCUT2D eigenvalue weighted by Gasteiger charge is 2.27. The van der Waals surface area contributed by atoms with Crippen LogP contribution in [0.2, 0.25) is 0 Å². The van der Waals surface area contributed by atoms with E-state index < -0.39 is 0 Å². The summed E-state index contributed by atoms with van der Waals surface area (Å²) >= 11 is 0. The van der Waals surface area contributed by atoms with E-state index in [9.17, 15) is 9.18 Å². The van der Waals surface area contributed by atoms with Gasteiger partial charge in [0.1, 0.15) is 0 Å². The average molecular weight is 324 g/mol. The van der Waals surface area contributed by atoms with Crippen LogP contribution in [0.3, 0.4) is 0 Å². The maximum atomic E-state index is 13.7. The Labute approximate surface area is 136 Å². The normalized spacial score (nSPS) is 19.0. The molecule has 128 valence electrons. The summed E-state index contributed by atoms with van der Waals surface area (Å²) in [4.78, 5) is 18.0. The summed E-state index contributed by atoms with van der Waals surface area (Å²) in [5.41, 5.74) is 0. The zero-order chi connectivity index (χ0) is 16.8. The Bertz CT molecular complexity index is 527. The third kappa shape index (κ3) is 4.79. The maximum absolute atomic E-state index is 13.7. The van der Waals surface area contributed by atoms with Gasteiger partial charge in [-0.2, -0.15) is 0 Å². The van der Waals surface area contributed by atoms with Gasteiger partial charge in [-0.05, 0) is 30.9 Å². The highest BCUT2D eigenvalue weighted by atomic mass is 19.1. The largest absolute Gasteiger partial charge is 0.396 e. The van der Waals surface area contributed by atoms with Crippen LogP contribution >= 0.6 is 0 Å². The van der Waals surface area contributed by atoms with E-state index in [0.29, 0.717) is 25.3 Å². The Morgan fingerprint density at radius 2 is 2.35 bits per heavy atom. The van der Waals surface area contributed by atoms with Gasteiger partial charge in [-0.25, -0.2) is 14.2 Å². The van der Waals surface area contributed by atoms with E-state index in [1.54, 1.807) is 12.3 Å². The predicted molar refractivity (Wildman–Crippen MR) is 86.8 cm³/mol. The van der Waals surface area contributed by atoms with Gasteiger partial charge >= 0.3 is 6.03 Å². The van der Waals surface area contributed by atoms with Gasteiger partial charge in [0, 0.05) is 38.0 Å². The highest BCUT2D eigenvalue weighted by molar-refractivity contribution is 5.74. The number of urea groups is 1. The van der Waals surface area contributed by atoms with Crippen LogP contribution in [0, 0.1) is 11.7 Å². The van der Waals surface area contributed by atoms with Crippen LogP contribution in [-0.4, -0.2) is 47.9 Å². The molecule has 0 aliphatic carbocycles. The number of nitrogens with one attached hydrogen (secondary N) is 2. The van der Waals surface area contributed by atoms with Gasteiger partial charge in [0.15, 0.2) is 11.6 Å². The first kappa shape index (κ1) is 17.5. The molecule has 3 N–H and O–H groups in total. The molecule has 1 fully saturated rings. The van der Waals surface area contributed by atoms with E-state index in [0.717, 1.165) is 6.42 Å². The van der Waals surface area contributed by atoms with Crippen LogP contribution in [-0.2, 0) is 0 Å². The molecule has 1 aliphatic heterocycles. The smallest absolute Gasteiger partial charge is 0.315 e. The molecule has 0 aromatic carbocycles. The number of amides is 2. The fraction of sp³-hybridized carbons (Fsp3) is 0.625. The summed E-state index contributed by atoms with van der Waals surface area (Å²) in [6.07, 6.45) is 2.84. The molecule has 2 amide bonds. The topological polar surface area (TPSA) is 77.5 Å². The van der Waals surface area contributed by atoms with Crippen molar-refractivity contribution in [3.8, 4) is 0 Å². The van der Waals surface area contributed by atoms with Crippen molar-refractivity contribution in [3.63, 3.8) is 0 Å². The molecular weight excluding hydrogens is 299 g/mol. The Morgan fingerprint density at radius 3 is 3.00 bits per heavy atom. The molecule has 2 heterocycles. The van der Waals surface area contributed by atoms with Crippen LogP contribution in [0.1, 0.15) is 26.7 Å². The van der Waals surface area contributed by atoms with Crippen molar-refractivity contribution < 1.29 is 14.3 Å². The minimum Gasteiger partial charge on any atom is -0.396 e. The number of aromatic nitrogens is 1. The summed E-state index contributed by atoms with van der Waals surface area (Å²) < 4.78 is 13.7. The van der Waals surface area contributed by atoms with Crippen LogP contribution in [0.4, 0.5) is 15.0 Å². The zero-order valence-corrected chi connectivity index (χ0v) is 13.6. The van der Waals surface area contributed by atoms with Crippen molar-refractivity contribution in [1.82, 2.24) is 15.6 Å². The van der Waals surface area contributed by atoms with Gasteiger partial charge in [0.25, 0.3) is 0 Å². The molecule has 2 atom stereocenters. The number of carbonyl (C=O) groups excluding carboxylic acids is 1. The molecule has 2 rings (SSSR count). The minimum absolute atomic E-state index is 0.0410. The summed E-state index contributed by atoms with van der Waals surface area (Å²) in [5.74, 6) is 0.230. The van der Waals surface area contributed by atoms with Crippen molar-refractivity contribution >= 4 is 11.8 Å². The van der Waals surface area contributed by atoms with E-state index in [1.807, 2.05) is 18.7 Å². The van der Waals surface area contributed by atoms with Gasteiger partial charge in [-0.15, -0.1) is 0 Å². The zero-order valence-electron chi connectivity index (χ0n) is 13.6. The van der Waals surface area contributed by atoms with Crippen molar-refractivity contribution in [1.29, 1.82) is 0 Å². The molecule has 2 unspecified atom stereocenters. The van der Waals surface area contributed by atoms with E-state index in [4.69, 9.17) is 5.11 Å². The van der Waals surface area contributed by atoms with Gasteiger partial charge in [0.2, 0.25) is 0 Å². The molecule has 1 saturated heterocycles. The lowest BCUT2D eigenvalue weighted by Gasteiger charge is -2.23. The number of pyridine rings is 1. The van der Waals surface area contributed by atoms with E-state index in [1.165, 1.54) is 6.07 Å². The Kier molecular flexibility index (Phi) is 6.15. The molecular formula is C16H25FN4O2. The van der Waals surface area contributed by atoms with Gasteiger partial charge < -0.3 is 20.6 Å². The van der Waals surface area contributed by atoms with Crippen LogP contribution in [0.5, 0.6) is 0 Å². The first-order valence-corrected chi connectivity index (χ1v) is 8.04. The van der Waals surface area contributed by atoms with Crippen LogP contribution in [0.15, 0.2) is 18.3 Å². The molecule has 0 saturated carbocycles. The highest BCUT2D eigenvalue weighted by Crippen LogP contribution is 2.20. The van der Waals surface area contributed by atoms with Crippen molar-refractivity contribution in [2.24, 2.45) is 5.92 Å². The fourth-order valence-corrected chi connectivity index (χ4v) is 2.79. The third-order valence-corrected chi connectivity index (χ3v) is 4.12. The number of nitrogens with zero attached hydrogens (tertiary/aromatic N) is 2. The number of aliphatic hydroxyl groups excluding tert-OH is 1. The summed E-state index contributed by atoms with van der Waals surface area (Å²) in [7, 11) is 0. The fourth-order valence-electron chi connectivity index (χ4n) is 2.79. The molecule has 7 heteroatoms. The van der Waals surface area contributed by atoms with Gasteiger partial charge in [0.05, 0.1) is 0 Å². The lowest BCUT2D eigenvalue weighted by molar-refractivity contribution is 0.216. The Hall–Kier alpha value is -1.89. The number of halogens is 1. The monoisotopic (exact) mass is 324 g/mol. The third-order valence-electron chi connectivity index (χ3n) is 4.12. The summed E-state index contributed by atoms with van der Waals surface area (Å²) in [5, 5.41) is 14.9. The SMILES string of the molecule is CC(C)C(CCO)NC(=O)NC1CCN(c2ncccc2F)C1. The maximum Gasteiger partial charge on any atom is 0.315 e. The second kappa shape index (κ2) is 8.10. The van der Waals surface area contributed by atoms with E-state index >= 15 is 0 Å². The quantitative estimate of drug-likeness (QED) is 0.741. The molecule has 1 aromatic heterocycles. The lowest BCUT2D eigenvalue weighted by atomic mass is 10.0. The number of hydrogen-bond acceptors (Lipinski definition) is 4. The Morgan fingerprint density at radius 1 is 1.57 bits per heavy atom. The standard InChI is InChI=1S/C16H25FN4O2/c1-11(2)14(6-9-22)20-16(23)19-12-5-8-21(10-12)15-13(17)4-3-7-18-15/h3-4,7,11-12,14,22H,5-6,8-10H2,1-2H3,(H2,19,20,23).